The van der Waals surface area contributed by atoms with Gasteiger partial charge in [0.05, 0.1) is 11.4 Å². The molecular weight excluding hydrogens is 422 g/mol. The maximum absolute atomic E-state index is 12.3. The zero-order valence-corrected chi connectivity index (χ0v) is 16.7. The number of benzene rings is 1. The molecule has 0 radical (unpaired) electrons. The summed E-state index contributed by atoms with van der Waals surface area (Å²) in [4.78, 5) is 31.1. The second-order valence-electron chi connectivity index (χ2n) is 5.48. The summed E-state index contributed by atoms with van der Waals surface area (Å²) in [6, 6.07) is 9.40. The fraction of sp³-hybridized carbons (Fsp3) is 0.235. The molecule has 0 aliphatic carbocycles. The largest absolute Gasteiger partial charge is 0.341 e. The summed E-state index contributed by atoms with van der Waals surface area (Å²) in [5.41, 5.74) is 1.69. The first-order valence-corrected chi connectivity index (χ1v) is 10.4. The molecule has 1 aromatic carbocycles. The number of amides is 1. The molecule has 5 nitrogen and oxygen atoms in total. The molecule has 0 spiro atoms. The van der Waals surface area contributed by atoms with Crippen LogP contribution in [0.1, 0.15) is 11.3 Å². The maximum atomic E-state index is 12.3. The third kappa shape index (κ3) is 4.50. The minimum absolute atomic E-state index is 0.0506. The molecule has 0 fully saturated rings. The zero-order valence-electron chi connectivity index (χ0n) is 13.5. The van der Waals surface area contributed by atoms with Crippen LogP contribution in [-0.2, 0) is 17.1 Å². The van der Waals surface area contributed by atoms with Crippen LogP contribution < -0.4 is 5.56 Å². The van der Waals surface area contributed by atoms with Crippen LogP contribution in [0.5, 0.6) is 0 Å². The van der Waals surface area contributed by atoms with Gasteiger partial charge in [-0.15, -0.1) is 23.1 Å². The van der Waals surface area contributed by atoms with Gasteiger partial charge in [-0.1, -0.05) is 34.1 Å². The summed E-state index contributed by atoms with van der Waals surface area (Å²) in [5.74, 6) is 0.944. The fourth-order valence-electron chi connectivity index (χ4n) is 2.29. The van der Waals surface area contributed by atoms with Gasteiger partial charge < -0.3 is 4.90 Å². The standard InChI is InChI=1S/C17H16BrN3O2S2/c1-20(9-12-4-2-3-5-14(12)18)16(23)11-24-10-13-8-15(22)21-6-7-25-17(21)19-13/h2-8H,9-11H2,1H3. The summed E-state index contributed by atoms with van der Waals surface area (Å²) in [7, 11) is 1.80. The Morgan fingerprint density at radius 1 is 1.40 bits per heavy atom. The summed E-state index contributed by atoms with van der Waals surface area (Å²) in [6.45, 7) is 0.557. The second-order valence-corrected chi connectivity index (χ2v) is 8.19. The van der Waals surface area contributed by atoms with Crippen LogP contribution in [0.2, 0.25) is 0 Å². The van der Waals surface area contributed by atoms with E-state index >= 15 is 0 Å². The molecule has 0 bridgehead atoms. The molecule has 3 rings (SSSR count). The van der Waals surface area contributed by atoms with E-state index in [0.717, 1.165) is 10.0 Å². The highest BCUT2D eigenvalue weighted by Gasteiger charge is 2.11. The Bertz CT molecular complexity index is 954. The van der Waals surface area contributed by atoms with Crippen molar-refractivity contribution < 1.29 is 4.79 Å². The number of carbonyl (C=O) groups excluding carboxylic acids is 1. The van der Waals surface area contributed by atoms with Crippen molar-refractivity contribution in [1.82, 2.24) is 14.3 Å². The molecule has 0 unspecified atom stereocenters. The molecule has 0 saturated carbocycles. The number of fused-ring (bicyclic) bond motifs is 1. The molecular formula is C17H16BrN3O2S2. The lowest BCUT2D eigenvalue weighted by atomic mass is 10.2. The molecule has 2 heterocycles. The van der Waals surface area contributed by atoms with Crippen molar-refractivity contribution in [1.29, 1.82) is 0 Å². The van der Waals surface area contributed by atoms with E-state index in [2.05, 4.69) is 20.9 Å². The predicted molar refractivity (Wildman–Crippen MR) is 106 cm³/mol. The first kappa shape index (κ1) is 18.2. The van der Waals surface area contributed by atoms with Crippen LogP contribution in [-0.4, -0.2) is 33.0 Å². The minimum Gasteiger partial charge on any atom is -0.341 e. The first-order valence-electron chi connectivity index (χ1n) is 7.55. The molecule has 0 N–H and O–H groups in total. The van der Waals surface area contributed by atoms with E-state index < -0.39 is 0 Å². The minimum atomic E-state index is -0.0841. The highest BCUT2D eigenvalue weighted by atomic mass is 79.9. The van der Waals surface area contributed by atoms with Gasteiger partial charge in [-0.25, -0.2) is 4.98 Å². The predicted octanol–water partition coefficient (Wildman–Crippen LogP) is 3.41. The molecule has 0 saturated heterocycles. The van der Waals surface area contributed by atoms with Gasteiger partial charge in [0.2, 0.25) is 5.91 Å². The highest BCUT2D eigenvalue weighted by Crippen LogP contribution is 2.18. The third-order valence-electron chi connectivity index (χ3n) is 3.62. The van der Waals surface area contributed by atoms with Crippen LogP contribution in [0, 0.1) is 0 Å². The molecule has 2 aromatic heterocycles. The van der Waals surface area contributed by atoms with Crippen molar-refractivity contribution in [2.45, 2.75) is 12.3 Å². The number of rotatable bonds is 6. The van der Waals surface area contributed by atoms with E-state index in [-0.39, 0.29) is 11.5 Å². The number of aromatic nitrogens is 2. The average Bonchev–Trinajstić information content (AvgIpc) is 3.06. The van der Waals surface area contributed by atoms with Gasteiger partial charge in [0.15, 0.2) is 4.96 Å². The Hall–Kier alpha value is -1.64. The number of nitrogens with zero attached hydrogens (tertiary/aromatic N) is 3. The van der Waals surface area contributed by atoms with Crippen molar-refractivity contribution in [3.8, 4) is 0 Å². The number of halogens is 1. The molecule has 0 atom stereocenters. The molecule has 1 amide bonds. The van der Waals surface area contributed by atoms with E-state index in [1.54, 1.807) is 18.1 Å². The molecule has 8 heteroatoms. The van der Waals surface area contributed by atoms with Gasteiger partial charge in [0, 0.05) is 41.5 Å². The van der Waals surface area contributed by atoms with E-state index in [0.29, 0.717) is 28.7 Å². The Balaban J connectivity index is 1.54. The summed E-state index contributed by atoms with van der Waals surface area (Å²) < 4.78 is 2.52. The number of carbonyl (C=O) groups is 1. The lowest BCUT2D eigenvalue weighted by Gasteiger charge is -2.18. The van der Waals surface area contributed by atoms with Crippen molar-refractivity contribution in [3.05, 3.63) is 68.0 Å². The quantitative estimate of drug-likeness (QED) is 0.592. The Morgan fingerprint density at radius 2 is 2.20 bits per heavy atom. The SMILES string of the molecule is CN(Cc1ccccc1Br)C(=O)CSCc1cc(=O)n2ccsc2n1. The van der Waals surface area contributed by atoms with Crippen LogP contribution >= 0.6 is 39.0 Å². The zero-order chi connectivity index (χ0) is 17.8. The van der Waals surface area contributed by atoms with E-state index in [1.807, 2.05) is 29.6 Å². The molecule has 0 aliphatic rings. The molecule has 0 aliphatic heterocycles. The maximum Gasteiger partial charge on any atom is 0.258 e. The van der Waals surface area contributed by atoms with Crippen LogP contribution in [0.3, 0.4) is 0 Å². The Labute approximate surface area is 161 Å². The number of hydrogen-bond donors (Lipinski definition) is 0. The van der Waals surface area contributed by atoms with E-state index in [4.69, 9.17) is 0 Å². The van der Waals surface area contributed by atoms with Crippen molar-refractivity contribution in [2.75, 3.05) is 12.8 Å². The van der Waals surface area contributed by atoms with Gasteiger partial charge in [-0.2, -0.15) is 0 Å². The normalized spacial score (nSPS) is 11.0. The van der Waals surface area contributed by atoms with Crippen molar-refractivity contribution in [3.63, 3.8) is 0 Å². The highest BCUT2D eigenvalue weighted by molar-refractivity contribution is 9.10. The van der Waals surface area contributed by atoms with E-state index in [1.165, 1.54) is 33.6 Å². The monoisotopic (exact) mass is 437 g/mol. The Kier molecular flexibility index (Phi) is 5.93. The Morgan fingerprint density at radius 3 is 3.00 bits per heavy atom. The lowest BCUT2D eigenvalue weighted by molar-refractivity contribution is -0.127. The third-order valence-corrected chi connectivity index (χ3v) is 6.10. The van der Waals surface area contributed by atoms with Gasteiger partial charge >= 0.3 is 0 Å². The topological polar surface area (TPSA) is 54.7 Å². The first-order chi connectivity index (χ1) is 12.0. The smallest absolute Gasteiger partial charge is 0.258 e. The number of thioether (sulfide) groups is 1. The molecule has 3 aromatic rings. The van der Waals surface area contributed by atoms with Crippen LogP contribution in [0.25, 0.3) is 4.96 Å². The van der Waals surface area contributed by atoms with Gasteiger partial charge in [-0.05, 0) is 11.6 Å². The average molecular weight is 438 g/mol. The van der Waals surface area contributed by atoms with Gasteiger partial charge in [0.1, 0.15) is 0 Å². The number of thiazole rings is 1. The van der Waals surface area contributed by atoms with Gasteiger partial charge in [0.25, 0.3) is 5.56 Å². The summed E-state index contributed by atoms with van der Waals surface area (Å²) >= 11 is 6.39. The van der Waals surface area contributed by atoms with Gasteiger partial charge in [-0.3, -0.25) is 14.0 Å². The molecule has 25 heavy (non-hydrogen) atoms. The molecule has 130 valence electrons. The van der Waals surface area contributed by atoms with Crippen LogP contribution in [0.15, 0.2) is 51.2 Å². The summed E-state index contributed by atoms with van der Waals surface area (Å²) in [5, 5.41) is 1.83. The van der Waals surface area contributed by atoms with E-state index in [9.17, 15) is 9.59 Å². The lowest BCUT2D eigenvalue weighted by Crippen LogP contribution is -2.28. The van der Waals surface area contributed by atoms with Crippen molar-refractivity contribution >= 4 is 49.9 Å². The number of hydrogen-bond acceptors (Lipinski definition) is 5. The summed E-state index contributed by atoms with van der Waals surface area (Å²) in [6.07, 6.45) is 1.71. The second kappa shape index (κ2) is 8.16. The van der Waals surface area contributed by atoms with Crippen molar-refractivity contribution in [2.24, 2.45) is 0 Å². The fourth-order valence-corrected chi connectivity index (χ4v) is 4.29. The van der Waals surface area contributed by atoms with Crippen LogP contribution in [0.4, 0.5) is 0 Å².